The Balaban J connectivity index is 2.91. The molecule has 15 heavy (non-hydrogen) atoms. The first-order chi connectivity index (χ1) is 7.06. The first kappa shape index (κ1) is 11.9. The van der Waals surface area contributed by atoms with Gasteiger partial charge in [-0.25, -0.2) is 0 Å². The van der Waals surface area contributed by atoms with Crippen LogP contribution < -0.4 is 5.73 Å². The van der Waals surface area contributed by atoms with Crippen LogP contribution in [0.2, 0.25) is 0 Å². The van der Waals surface area contributed by atoms with E-state index in [1.807, 2.05) is 38.1 Å². The van der Waals surface area contributed by atoms with Crippen molar-refractivity contribution in [2.45, 2.75) is 33.2 Å². The Morgan fingerprint density at radius 3 is 2.60 bits per heavy atom. The maximum absolute atomic E-state index is 11.9. The highest BCUT2D eigenvalue weighted by Crippen LogP contribution is 2.11. The maximum Gasteiger partial charge on any atom is 0.179 e. The summed E-state index contributed by atoms with van der Waals surface area (Å²) in [7, 11) is 0. The van der Waals surface area contributed by atoms with Crippen molar-refractivity contribution < 1.29 is 4.79 Å². The van der Waals surface area contributed by atoms with E-state index in [1.165, 1.54) is 5.56 Å². The van der Waals surface area contributed by atoms with Crippen LogP contribution in [0.15, 0.2) is 24.3 Å². The van der Waals surface area contributed by atoms with Crippen LogP contribution in [0.4, 0.5) is 0 Å². The molecule has 1 aromatic carbocycles. The molecule has 0 heterocycles. The summed E-state index contributed by atoms with van der Waals surface area (Å²) >= 11 is 0. The quantitative estimate of drug-likeness (QED) is 0.767. The number of ketones is 1. The van der Waals surface area contributed by atoms with Gasteiger partial charge in [0, 0.05) is 5.56 Å². The number of hydrogen-bond donors (Lipinski definition) is 1. The van der Waals surface area contributed by atoms with E-state index in [9.17, 15) is 4.79 Å². The van der Waals surface area contributed by atoms with Gasteiger partial charge < -0.3 is 5.73 Å². The van der Waals surface area contributed by atoms with Crippen LogP contribution in [0.5, 0.6) is 0 Å². The van der Waals surface area contributed by atoms with Gasteiger partial charge in [0.25, 0.3) is 0 Å². The molecule has 2 heteroatoms. The number of carbonyl (C=O) groups is 1. The Morgan fingerprint density at radius 2 is 2.07 bits per heavy atom. The fourth-order valence-electron chi connectivity index (χ4n) is 1.44. The molecule has 0 spiro atoms. The van der Waals surface area contributed by atoms with Crippen LogP contribution in [0, 0.1) is 5.92 Å². The number of benzene rings is 1. The lowest BCUT2D eigenvalue weighted by atomic mass is 9.95. The van der Waals surface area contributed by atoms with E-state index in [0.717, 1.165) is 12.0 Å². The molecule has 0 aliphatic carbocycles. The van der Waals surface area contributed by atoms with Crippen LogP contribution in [0.3, 0.4) is 0 Å². The topological polar surface area (TPSA) is 43.1 Å². The Hall–Kier alpha value is -1.15. The third kappa shape index (κ3) is 2.90. The van der Waals surface area contributed by atoms with Gasteiger partial charge in [0.05, 0.1) is 6.04 Å². The van der Waals surface area contributed by atoms with Gasteiger partial charge in [-0.05, 0) is 24.0 Å². The molecular formula is C13H19NO. The molecule has 0 saturated heterocycles. The standard InChI is InChI=1S/C13H19NO/c1-4-10-6-5-7-11(8-10)13(15)12(14)9(2)3/h5-9,12H,4,14H2,1-3H3. The van der Waals surface area contributed by atoms with Crippen LogP contribution in [0.25, 0.3) is 0 Å². The molecule has 0 amide bonds. The predicted molar refractivity (Wildman–Crippen MR) is 63.0 cm³/mol. The monoisotopic (exact) mass is 205 g/mol. The van der Waals surface area contributed by atoms with Crippen molar-refractivity contribution in [3.63, 3.8) is 0 Å². The molecule has 0 fully saturated rings. The van der Waals surface area contributed by atoms with Crippen molar-refractivity contribution >= 4 is 5.78 Å². The minimum absolute atomic E-state index is 0.0419. The molecule has 1 atom stereocenters. The highest BCUT2D eigenvalue weighted by atomic mass is 16.1. The van der Waals surface area contributed by atoms with E-state index < -0.39 is 6.04 Å². The molecule has 0 bridgehead atoms. The average Bonchev–Trinajstić information content (AvgIpc) is 2.27. The lowest BCUT2D eigenvalue weighted by molar-refractivity contribution is 0.0940. The van der Waals surface area contributed by atoms with Gasteiger partial charge in [-0.3, -0.25) is 4.79 Å². The molecule has 1 unspecified atom stereocenters. The second-order valence-corrected chi connectivity index (χ2v) is 4.19. The van der Waals surface area contributed by atoms with Crippen LogP contribution in [-0.2, 0) is 6.42 Å². The SMILES string of the molecule is CCc1cccc(C(=O)C(N)C(C)C)c1. The average molecular weight is 205 g/mol. The summed E-state index contributed by atoms with van der Waals surface area (Å²) < 4.78 is 0. The first-order valence-corrected chi connectivity index (χ1v) is 5.45. The zero-order chi connectivity index (χ0) is 11.4. The van der Waals surface area contributed by atoms with E-state index in [-0.39, 0.29) is 11.7 Å². The highest BCUT2D eigenvalue weighted by molar-refractivity contribution is 6.00. The van der Waals surface area contributed by atoms with E-state index in [0.29, 0.717) is 0 Å². The lowest BCUT2D eigenvalue weighted by Crippen LogP contribution is -2.35. The van der Waals surface area contributed by atoms with Crippen molar-refractivity contribution in [2.75, 3.05) is 0 Å². The molecule has 0 aliphatic rings. The third-order valence-electron chi connectivity index (χ3n) is 2.64. The first-order valence-electron chi connectivity index (χ1n) is 5.45. The van der Waals surface area contributed by atoms with Gasteiger partial charge >= 0.3 is 0 Å². The maximum atomic E-state index is 11.9. The molecule has 2 nitrogen and oxygen atoms in total. The number of hydrogen-bond acceptors (Lipinski definition) is 2. The van der Waals surface area contributed by atoms with E-state index >= 15 is 0 Å². The van der Waals surface area contributed by atoms with Crippen molar-refractivity contribution in [2.24, 2.45) is 11.7 Å². The summed E-state index contributed by atoms with van der Waals surface area (Å²) in [6, 6.07) is 7.32. The number of rotatable bonds is 4. The van der Waals surface area contributed by atoms with Crippen LogP contribution in [-0.4, -0.2) is 11.8 Å². The van der Waals surface area contributed by atoms with Crippen LogP contribution >= 0.6 is 0 Å². The van der Waals surface area contributed by atoms with E-state index in [1.54, 1.807) is 0 Å². The normalized spacial score (nSPS) is 12.9. The molecule has 1 rings (SSSR count). The molecule has 82 valence electrons. The fraction of sp³-hybridized carbons (Fsp3) is 0.462. The van der Waals surface area contributed by atoms with Crippen molar-refractivity contribution in [1.29, 1.82) is 0 Å². The summed E-state index contributed by atoms with van der Waals surface area (Å²) in [6.45, 7) is 6.00. The minimum Gasteiger partial charge on any atom is -0.321 e. The summed E-state index contributed by atoms with van der Waals surface area (Å²) in [5, 5.41) is 0. The molecule has 0 saturated carbocycles. The Bertz CT molecular complexity index is 344. The minimum atomic E-state index is -0.392. The number of carbonyl (C=O) groups excluding carboxylic acids is 1. The third-order valence-corrected chi connectivity index (χ3v) is 2.64. The highest BCUT2D eigenvalue weighted by Gasteiger charge is 2.18. The number of nitrogens with two attached hydrogens (primary N) is 1. The van der Waals surface area contributed by atoms with Crippen molar-refractivity contribution in [3.8, 4) is 0 Å². The van der Waals surface area contributed by atoms with Gasteiger partial charge in [-0.15, -0.1) is 0 Å². The van der Waals surface area contributed by atoms with Crippen molar-refractivity contribution in [1.82, 2.24) is 0 Å². The van der Waals surface area contributed by atoms with E-state index in [2.05, 4.69) is 6.92 Å². The summed E-state index contributed by atoms with van der Waals surface area (Å²) in [5.74, 6) is 0.225. The predicted octanol–water partition coefficient (Wildman–Crippen LogP) is 2.42. The second kappa shape index (κ2) is 5.08. The van der Waals surface area contributed by atoms with E-state index in [4.69, 9.17) is 5.73 Å². The van der Waals surface area contributed by atoms with Crippen molar-refractivity contribution in [3.05, 3.63) is 35.4 Å². The fourth-order valence-corrected chi connectivity index (χ4v) is 1.44. The van der Waals surface area contributed by atoms with Gasteiger partial charge in [0.1, 0.15) is 0 Å². The van der Waals surface area contributed by atoms with Gasteiger partial charge in [-0.1, -0.05) is 39.0 Å². The van der Waals surface area contributed by atoms with Gasteiger partial charge in [0.15, 0.2) is 5.78 Å². The van der Waals surface area contributed by atoms with Gasteiger partial charge in [0.2, 0.25) is 0 Å². The number of aryl methyl sites for hydroxylation is 1. The largest absolute Gasteiger partial charge is 0.321 e. The van der Waals surface area contributed by atoms with Crippen LogP contribution in [0.1, 0.15) is 36.7 Å². The second-order valence-electron chi connectivity index (χ2n) is 4.19. The lowest BCUT2D eigenvalue weighted by Gasteiger charge is -2.14. The smallest absolute Gasteiger partial charge is 0.179 e. The Morgan fingerprint density at radius 1 is 1.40 bits per heavy atom. The number of Topliss-reactive ketones (excluding diaryl/α,β-unsaturated/α-hetero) is 1. The van der Waals surface area contributed by atoms with Gasteiger partial charge in [-0.2, -0.15) is 0 Å². The Labute approximate surface area is 91.5 Å². The zero-order valence-corrected chi connectivity index (χ0v) is 9.66. The molecule has 2 N–H and O–H groups in total. The Kier molecular flexibility index (Phi) is 4.04. The molecule has 1 aromatic rings. The molecule has 0 radical (unpaired) electrons. The molecule has 0 aliphatic heterocycles. The summed E-state index contributed by atoms with van der Waals surface area (Å²) in [5.41, 5.74) is 7.74. The summed E-state index contributed by atoms with van der Waals surface area (Å²) in [6.07, 6.45) is 0.942. The molecular weight excluding hydrogens is 186 g/mol. The zero-order valence-electron chi connectivity index (χ0n) is 9.66. The summed E-state index contributed by atoms with van der Waals surface area (Å²) in [4.78, 5) is 11.9. The molecule has 0 aromatic heterocycles.